The number of aromatic nitrogens is 2. The van der Waals surface area contributed by atoms with Crippen LogP contribution in [0.15, 0.2) is 55.0 Å². The molecule has 0 saturated heterocycles. The number of non-ortho nitro benzene ring substituents is 1. The number of benzene rings is 2. The molecule has 0 radical (unpaired) electrons. The number of nitro groups is 1. The molecule has 1 heterocycles. The number of nitrogens with one attached hydrogen (secondary N) is 1. The minimum absolute atomic E-state index is 0.0600. The molecule has 2 aromatic carbocycles. The van der Waals surface area contributed by atoms with Crippen LogP contribution in [-0.2, 0) is 6.18 Å². The second kappa shape index (κ2) is 6.51. The minimum Gasteiger partial charge on any atom is -0.386 e. The first-order valence-corrected chi connectivity index (χ1v) is 7.48. The predicted molar refractivity (Wildman–Crippen MR) is 90.2 cm³/mol. The van der Waals surface area contributed by atoms with Gasteiger partial charge in [0.05, 0.1) is 33.9 Å². The fraction of sp³-hybridized carbons (Fsp3) is 0.118. The van der Waals surface area contributed by atoms with Crippen molar-refractivity contribution in [2.45, 2.75) is 6.18 Å². The van der Waals surface area contributed by atoms with Crippen LogP contribution < -0.4 is 5.32 Å². The molecule has 1 aromatic heterocycles. The first-order valence-electron chi connectivity index (χ1n) is 7.48. The number of nitro benzene ring substituents is 1. The number of nitrogens with zero attached hydrogens (tertiary/aromatic N) is 3. The summed E-state index contributed by atoms with van der Waals surface area (Å²) < 4.78 is 41.1. The number of hydrogen-bond acceptors (Lipinski definition) is 4. The molecule has 0 atom stereocenters. The number of hydrogen-bond donors (Lipinski definition) is 1. The van der Waals surface area contributed by atoms with Crippen molar-refractivity contribution in [1.29, 1.82) is 0 Å². The molecule has 0 bridgehead atoms. The summed E-state index contributed by atoms with van der Waals surface area (Å²) in [5, 5.41) is 13.9. The minimum atomic E-state index is -4.51. The van der Waals surface area contributed by atoms with Gasteiger partial charge in [-0.2, -0.15) is 13.2 Å². The smallest absolute Gasteiger partial charge is 0.386 e. The van der Waals surface area contributed by atoms with Gasteiger partial charge in [-0.1, -0.05) is 18.2 Å². The van der Waals surface area contributed by atoms with Crippen LogP contribution >= 0.6 is 0 Å². The van der Waals surface area contributed by atoms with Crippen molar-refractivity contribution in [1.82, 2.24) is 9.55 Å². The molecular formula is C17H13F3N4O2. The van der Waals surface area contributed by atoms with Crippen LogP contribution in [0.2, 0.25) is 0 Å². The zero-order valence-corrected chi connectivity index (χ0v) is 13.5. The quantitative estimate of drug-likeness (QED) is 0.548. The normalized spacial score (nSPS) is 11.4. The fourth-order valence-corrected chi connectivity index (χ4v) is 2.61. The van der Waals surface area contributed by atoms with Crippen LogP contribution in [0.4, 0.5) is 24.5 Å². The lowest BCUT2D eigenvalue weighted by Crippen LogP contribution is -2.06. The van der Waals surface area contributed by atoms with Gasteiger partial charge in [0.15, 0.2) is 0 Å². The first-order chi connectivity index (χ1) is 12.3. The molecule has 0 spiro atoms. The van der Waals surface area contributed by atoms with Crippen molar-refractivity contribution >= 4 is 11.4 Å². The zero-order chi connectivity index (χ0) is 18.9. The Bertz CT molecular complexity index is 967. The van der Waals surface area contributed by atoms with E-state index in [2.05, 4.69) is 10.3 Å². The molecule has 3 rings (SSSR count). The average Bonchev–Trinajstić information content (AvgIpc) is 3.10. The molecule has 0 unspecified atom stereocenters. The van der Waals surface area contributed by atoms with Crippen molar-refractivity contribution in [3.63, 3.8) is 0 Å². The third-order valence-electron chi connectivity index (χ3n) is 3.83. The number of halogens is 3. The van der Waals surface area contributed by atoms with Crippen LogP contribution in [0.3, 0.4) is 0 Å². The van der Waals surface area contributed by atoms with E-state index >= 15 is 0 Å². The second-order valence-electron chi connectivity index (χ2n) is 5.42. The highest BCUT2D eigenvalue weighted by molar-refractivity contribution is 5.68. The maximum Gasteiger partial charge on any atom is 0.417 e. The van der Waals surface area contributed by atoms with E-state index in [0.29, 0.717) is 11.4 Å². The van der Waals surface area contributed by atoms with Crippen LogP contribution in [0.5, 0.6) is 0 Å². The van der Waals surface area contributed by atoms with E-state index < -0.39 is 16.7 Å². The summed E-state index contributed by atoms with van der Waals surface area (Å²) >= 11 is 0. The molecule has 0 fully saturated rings. The highest BCUT2D eigenvalue weighted by Crippen LogP contribution is 2.36. The summed E-state index contributed by atoms with van der Waals surface area (Å²) in [5.41, 5.74) is 0.110. The summed E-state index contributed by atoms with van der Waals surface area (Å²) in [7, 11) is 1.64. The van der Waals surface area contributed by atoms with Gasteiger partial charge in [0, 0.05) is 30.9 Å². The summed E-state index contributed by atoms with van der Waals surface area (Å²) in [6.07, 6.45) is -1.78. The van der Waals surface area contributed by atoms with Crippen molar-refractivity contribution in [2.24, 2.45) is 0 Å². The first kappa shape index (κ1) is 17.5. The van der Waals surface area contributed by atoms with Gasteiger partial charge >= 0.3 is 6.18 Å². The third-order valence-corrected chi connectivity index (χ3v) is 3.83. The van der Waals surface area contributed by atoms with Gasteiger partial charge in [-0.15, -0.1) is 0 Å². The Balaban J connectivity index is 2.10. The van der Waals surface area contributed by atoms with E-state index in [1.165, 1.54) is 53.5 Å². The number of imidazole rings is 1. The molecule has 1 N–H and O–H groups in total. The Morgan fingerprint density at radius 2 is 1.92 bits per heavy atom. The Morgan fingerprint density at radius 1 is 1.19 bits per heavy atom. The van der Waals surface area contributed by atoms with E-state index in [1.807, 2.05) is 0 Å². The maximum absolute atomic E-state index is 13.2. The van der Waals surface area contributed by atoms with Crippen LogP contribution in [0.1, 0.15) is 5.56 Å². The van der Waals surface area contributed by atoms with E-state index in [-0.39, 0.29) is 16.9 Å². The van der Waals surface area contributed by atoms with Crippen molar-refractivity contribution in [3.05, 3.63) is 70.7 Å². The number of anilines is 1. The average molecular weight is 362 g/mol. The molecule has 0 saturated carbocycles. The molecule has 9 heteroatoms. The topological polar surface area (TPSA) is 73.0 Å². The molecule has 134 valence electrons. The number of alkyl halides is 3. The van der Waals surface area contributed by atoms with Crippen LogP contribution in [0, 0.1) is 10.1 Å². The number of rotatable bonds is 4. The van der Waals surface area contributed by atoms with Crippen molar-refractivity contribution in [2.75, 3.05) is 12.4 Å². The predicted octanol–water partition coefficient (Wildman–Crippen LogP) is 4.51. The maximum atomic E-state index is 13.2. The van der Waals surface area contributed by atoms with Crippen molar-refractivity contribution in [3.8, 4) is 16.9 Å². The van der Waals surface area contributed by atoms with Gasteiger partial charge in [0.1, 0.15) is 0 Å². The lowest BCUT2D eigenvalue weighted by molar-refractivity contribution is -0.384. The third kappa shape index (κ3) is 3.23. The molecule has 3 aromatic rings. The summed E-state index contributed by atoms with van der Waals surface area (Å²) in [6, 6.07) is 9.32. The van der Waals surface area contributed by atoms with Crippen molar-refractivity contribution < 1.29 is 18.1 Å². The molecule has 0 amide bonds. The molecule has 6 nitrogen and oxygen atoms in total. The summed E-state index contributed by atoms with van der Waals surface area (Å²) in [4.78, 5) is 14.5. The summed E-state index contributed by atoms with van der Waals surface area (Å²) in [5.74, 6) is 0. The summed E-state index contributed by atoms with van der Waals surface area (Å²) in [6.45, 7) is 0. The zero-order valence-electron chi connectivity index (χ0n) is 13.5. The lowest BCUT2D eigenvalue weighted by atomic mass is 10.0. The van der Waals surface area contributed by atoms with Gasteiger partial charge in [0.25, 0.3) is 5.69 Å². The SMILES string of the molecule is CNc1ccc([N+](=O)[O-])cc1-n1cnc(-c2ccccc2C(F)(F)F)c1. The Morgan fingerprint density at radius 3 is 2.58 bits per heavy atom. The van der Waals surface area contributed by atoms with Gasteiger partial charge in [-0.3, -0.25) is 10.1 Å². The molecule has 0 aliphatic rings. The molecule has 0 aliphatic carbocycles. The second-order valence-corrected chi connectivity index (χ2v) is 5.42. The van der Waals surface area contributed by atoms with E-state index in [1.54, 1.807) is 7.05 Å². The Kier molecular flexibility index (Phi) is 4.37. The van der Waals surface area contributed by atoms with Crippen LogP contribution in [-0.4, -0.2) is 21.5 Å². The van der Waals surface area contributed by atoms with Gasteiger partial charge in [0.2, 0.25) is 0 Å². The largest absolute Gasteiger partial charge is 0.417 e. The Hall–Kier alpha value is -3.36. The fourth-order valence-electron chi connectivity index (χ4n) is 2.61. The van der Waals surface area contributed by atoms with E-state index in [4.69, 9.17) is 0 Å². The van der Waals surface area contributed by atoms with Gasteiger partial charge in [-0.25, -0.2) is 4.98 Å². The molecular weight excluding hydrogens is 349 g/mol. The highest BCUT2D eigenvalue weighted by Gasteiger charge is 2.33. The lowest BCUT2D eigenvalue weighted by Gasteiger charge is -2.11. The van der Waals surface area contributed by atoms with Gasteiger partial charge in [-0.05, 0) is 12.1 Å². The standard InChI is InChI=1S/C17H13F3N4O2/c1-21-14-7-6-11(24(25)26)8-16(14)23-9-15(22-10-23)12-4-2-3-5-13(12)17(18,19)20/h2-10,21H,1H3. The highest BCUT2D eigenvalue weighted by atomic mass is 19.4. The molecule has 0 aliphatic heterocycles. The van der Waals surface area contributed by atoms with Gasteiger partial charge < -0.3 is 9.88 Å². The molecule has 26 heavy (non-hydrogen) atoms. The Labute approximate surface area is 146 Å². The monoisotopic (exact) mass is 362 g/mol. The van der Waals surface area contributed by atoms with E-state index in [0.717, 1.165) is 6.07 Å². The van der Waals surface area contributed by atoms with E-state index in [9.17, 15) is 23.3 Å². The van der Waals surface area contributed by atoms with Crippen LogP contribution in [0.25, 0.3) is 16.9 Å².